The third kappa shape index (κ3) is 3.57. The Hall–Kier alpha value is -2.22. The van der Waals surface area contributed by atoms with Gasteiger partial charge in [0.05, 0.1) is 11.5 Å². The molecule has 1 aromatic carbocycles. The molecule has 0 spiro atoms. The lowest BCUT2D eigenvalue weighted by Gasteiger charge is -2.32. The number of ether oxygens (including phenoxy) is 1. The highest BCUT2D eigenvalue weighted by atomic mass is 32.1. The molecule has 1 fully saturated rings. The molecule has 146 valence electrons. The van der Waals surface area contributed by atoms with Crippen LogP contribution in [0.4, 0.5) is 0 Å². The molecule has 2 aliphatic rings. The molecular weight excluding hydrogens is 372 g/mol. The van der Waals surface area contributed by atoms with Gasteiger partial charge in [0.2, 0.25) is 0 Å². The van der Waals surface area contributed by atoms with Crippen LogP contribution in [-0.2, 0) is 13.0 Å². The van der Waals surface area contributed by atoms with Crippen LogP contribution < -0.4 is 14.5 Å². The summed E-state index contributed by atoms with van der Waals surface area (Å²) in [5.74, 6) is 2.46. The molecule has 0 radical (unpaired) electrons. The minimum atomic E-state index is 0.236. The first-order valence-electron chi connectivity index (χ1n) is 10.1. The lowest BCUT2D eigenvalue weighted by molar-refractivity contribution is -1.03. The number of aromatic nitrogens is 2. The van der Waals surface area contributed by atoms with Crippen molar-refractivity contribution in [2.24, 2.45) is 0 Å². The average molecular weight is 399 g/mol. The summed E-state index contributed by atoms with van der Waals surface area (Å²) in [6, 6.07) is 11.0. The molecule has 2 N–H and O–H groups in total. The molecule has 1 atom stereocenters. The fourth-order valence-corrected chi connectivity index (χ4v) is 4.90. The van der Waals surface area contributed by atoms with Crippen LogP contribution in [-0.4, -0.2) is 43.0 Å². The first-order valence-corrected chi connectivity index (χ1v) is 10.9. The highest BCUT2D eigenvalue weighted by molar-refractivity contribution is 7.13. The van der Waals surface area contributed by atoms with Gasteiger partial charge < -0.3 is 19.0 Å². The van der Waals surface area contributed by atoms with Crippen LogP contribution in [0.1, 0.15) is 30.0 Å². The van der Waals surface area contributed by atoms with E-state index in [0.717, 1.165) is 49.2 Å². The van der Waals surface area contributed by atoms with Crippen LogP contribution in [0.3, 0.4) is 0 Å². The van der Waals surface area contributed by atoms with E-state index >= 15 is 0 Å². The van der Waals surface area contributed by atoms with E-state index in [1.807, 2.05) is 17.5 Å². The maximum atomic E-state index is 5.96. The Morgan fingerprint density at radius 2 is 2.04 bits per heavy atom. The minimum absolute atomic E-state index is 0.236. The third-order valence-corrected chi connectivity index (χ3v) is 6.82. The summed E-state index contributed by atoms with van der Waals surface area (Å²) in [6.45, 7) is 8.71. The maximum absolute atomic E-state index is 5.96. The van der Waals surface area contributed by atoms with E-state index in [-0.39, 0.29) is 6.04 Å². The highest BCUT2D eigenvalue weighted by Crippen LogP contribution is 2.26. The predicted octanol–water partition coefficient (Wildman–Crippen LogP) is 0.778. The number of hydrogen-bond donors (Lipinski definition) is 2. The molecule has 0 unspecified atom stereocenters. The van der Waals surface area contributed by atoms with Crippen LogP contribution in [0.2, 0.25) is 0 Å². The number of rotatable bonds is 5. The standard InChI is InChI=1S/C21H24N4O2S/c1-15(20-22-23-21(27-20)19-3-2-12-28-19)25-9-7-24(8-10-25)14-16-4-5-18-17(13-16)6-11-26-18/h2-5,12-13,15H,6-11,14H2,1H3/p+2/t15-/m1/s1. The van der Waals surface area contributed by atoms with Crippen LogP contribution in [0, 0.1) is 0 Å². The van der Waals surface area contributed by atoms with Crippen molar-refractivity contribution in [3.05, 3.63) is 52.7 Å². The Morgan fingerprint density at radius 3 is 2.86 bits per heavy atom. The Morgan fingerprint density at radius 1 is 1.14 bits per heavy atom. The number of piperazine rings is 1. The van der Waals surface area contributed by atoms with Crippen molar-refractivity contribution < 1.29 is 19.0 Å². The van der Waals surface area contributed by atoms with Crippen LogP contribution in [0.5, 0.6) is 5.75 Å². The van der Waals surface area contributed by atoms with Crippen LogP contribution in [0.15, 0.2) is 40.1 Å². The molecule has 0 aliphatic carbocycles. The van der Waals surface area contributed by atoms with Crippen molar-refractivity contribution >= 4 is 11.3 Å². The lowest BCUT2D eigenvalue weighted by atomic mass is 10.1. The molecular formula is C21H26N4O2S+2. The molecule has 0 amide bonds. The van der Waals surface area contributed by atoms with E-state index < -0.39 is 0 Å². The second-order valence-electron chi connectivity index (χ2n) is 7.77. The Kier molecular flexibility index (Phi) is 4.88. The summed E-state index contributed by atoms with van der Waals surface area (Å²) in [5, 5.41) is 10.6. The molecule has 6 nitrogen and oxygen atoms in total. The van der Waals surface area contributed by atoms with E-state index in [2.05, 4.69) is 35.3 Å². The van der Waals surface area contributed by atoms with E-state index in [4.69, 9.17) is 9.15 Å². The second kappa shape index (κ2) is 7.66. The number of hydrogen-bond acceptors (Lipinski definition) is 5. The fourth-order valence-electron chi connectivity index (χ4n) is 4.26. The Labute approximate surface area is 168 Å². The van der Waals surface area contributed by atoms with E-state index in [0.29, 0.717) is 5.89 Å². The smallest absolute Gasteiger partial charge is 0.274 e. The van der Waals surface area contributed by atoms with Crippen molar-refractivity contribution in [3.8, 4) is 16.5 Å². The van der Waals surface area contributed by atoms with Gasteiger partial charge in [-0.3, -0.25) is 0 Å². The lowest BCUT2D eigenvalue weighted by Crippen LogP contribution is -3.27. The van der Waals surface area contributed by atoms with Gasteiger partial charge >= 0.3 is 0 Å². The molecule has 0 bridgehead atoms. The molecule has 4 heterocycles. The van der Waals surface area contributed by atoms with Crippen LogP contribution >= 0.6 is 11.3 Å². The van der Waals surface area contributed by atoms with Gasteiger partial charge in [0.25, 0.3) is 11.8 Å². The van der Waals surface area contributed by atoms with Gasteiger partial charge in [-0.1, -0.05) is 6.07 Å². The SMILES string of the molecule is C[C@H](c1nnc(-c2cccs2)o1)[NH+]1CC[NH+](Cc2ccc3c(c2)CCO3)CC1. The van der Waals surface area contributed by atoms with E-state index in [1.165, 1.54) is 29.1 Å². The van der Waals surface area contributed by atoms with Gasteiger partial charge in [0.15, 0.2) is 6.04 Å². The molecule has 2 aliphatic heterocycles. The van der Waals surface area contributed by atoms with Gasteiger partial charge in [-0.05, 0) is 42.1 Å². The second-order valence-corrected chi connectivity index (χ2v) is 8.72. The molecule has 7 heteroatoms. The number of benzene rings is 1. The van der Waals surface area contributed by atoms with E-state index in [1.54, 1.807) is 16.2 Å². The molecule has 1 saturated heterocycles. The molecule has 28 heavy (non-hydrogen) atoms. The maximum Gasteiger partial charge on any atom is 0.274 e. The first kappa shape index (κ1) is 17.8. The fraction of sp³-hybridized carbons (Fsp3) is 0.429. The van der Waals surface area contributed by atoms with Crippen molar-refractivity contribution in [2.75, 3.05) is 32.8 Å². The monoisotopic (exact) mass is 398 g/mol. The van der Waals surface area contributed by atoms with Gasteiger partial charge in [-0.25, -0.2) is 0 Å². The zero-order chi connectivity index (χ0) is 18.9. The Balaban J connectivity index is 1.18. The number of quaternary nitrogens is 2. The van der Waals surface area contributed by atoms with Crippen molar-refractivity contribution in [3.63, 3.8) is 0 Å². The summed E-state index contributed by atoms with van der Waals surface area (Å²) in [7, 11) is 0. The molecule has 0 saturated carbocycles. The third-order valence-electron chi connectivity index (χ3n) is 5.96. The predicted molar refractivity (Wildman–Crippen MR) is 107 cm³/mol. The Bertz CT molecular complexity index is 932. The summed E-state index contributed by atoms with van der Waals surface area (Å²) in [6.07, 6.45) is 1.05. The number of thiophene rings is 1. The topological polar surface area (TPSA) is 57.0 Å². The van der Waals surface area contributed by atoms with Crippen molar-refractivity contribution in [2.45, 2.75) is 25.9 Å². The normalized spacial score (nSPS) is 22.6. The quantitative estimate of drug-likeness (QED) is 0.667. The van der Waals surface area contributed by atoms with Gasteiger partial charge in [0, 0.05) is 12.0 Å². The zero-order valence-corrected chi connectivity index (χ0v) is 16.9. The summed E-state index contributed by atoms with van der Waals surface area (Å²) < 4.78 is 11.6. The van der Waals surface area contributed by atoms with Gasteiger partial charge in [0.1, 0.15) is 38.5 Å². The highest BCUT2D eigenvalue weighted by Gasteiger charge is 2.31. The summed E-state index contributed by atoms with van der Waals surface area (Å²) in [4.78, 5) is 4.22. The first-order chi connectivity index (χ1) is 13.8. The summed E-state index contributed by atoms with van der Waals surface area (Å²) in [5.41, 5.74) is 2.79. The number of fused-ring (bicyclic) bond motifs is 1. The van der Waals surface area contributed by atoms with Gasteiger partial charge in [-0.2, -0.15) is 0 Å². The summed E-state index contributed by atoms with van der Waals surface area (Å²) >= 11 is 1.63. The number of nitrogens with zero attached hydrogens (tertiary/aromatic N) is 2. The van der Waals surface area contributed by atoms with Crippen molar-refractivity contribution in [1.82, 2.24) is 10.2 Å². The minimum Gasteiger partial charge on any atom is -0.493 e. The molecule has 2 aromatic heterocycles. The average Bonchev–Trinajstić information content (AvgIpc) is 3.48. The van der Waals surface area contributed by atoms with Crippen LogP contribution in [0.25, 0.3) is 10.8 Å². The molecule has 3 aromatic rings. The molecule has 5 rings (SSSR count). The zero-order valence-electron chi connectivity index (χ0n) is 16.1. The van der Waals surface area contributed by atoms with E-state index in [9.17, 15) is 0 Å². The van der Waals surface area contributed by atoms with Crippen molar-refractivity contribution in [1.29, 1.82) is 0 Å². The largest absolute Gasteiger partial charge is 0.493 e. The van der Waals surface area contributed by atoms with Gasteiger partial charge in [-0.15, -0.1) is 21.5 Å². The number of nitrogens with one attached hydrogen (secondary N) is 2.